The molecular formula is C24H26O5. The molecule has 2 unspecified atom stereocenters. The Morgan fingerprint density at radius 1 is 1.24 bits per heavy atom. The van der Waals surface area contributed by atoms with Crippen LogP contribution in [0.4, 0.5) is 0 Å². The lowest BCUT2D eigenvalue weighted by Gasteiger charge is -2.42. The van der Waals surface area contributed by atoms with E-state index in [2.05, 4.69) is 18.2 Å². The van der Waals surface area contributed by atoms with E-state index in [4.69, 9.17) is 19.3 Å². The Morgan fingerprint density at radius 2 is 2.10 bits per heavy atom. The highest BCUT2D eigenvalue weighted by atomic mass is 16.5. The third-order valence-corrected chi connectivity index (χ3v) is 6.82. The van der Waals surface area contributed by atoms with E-state index in [0.29, 0.717) is 6.61 Å². The van der Waals surface area contributed by atoms with E-state index < -0.39 is 5.97 Å². The average Bonchev–Trinajstić information content (AvgIpc) is 3.26. The van der Waals surface area contributed by atoms with Gasteiger partial charge in [-0.25, -0.2) is 0 Å². The molecule has 3 aliphatic rings. The Morgan fingerprint density at radius 3 is 2.83 bits per heavy atom. The van der Waals surface area contributed by atoms with Gasteiger partial charge in [0.2, 0.25) is 0 Å². The molecule has 1 aliphatic heterocycles. The molecule has 1 N–H and O–H groups in total. The quantitative estimate of drug-likeness (QED) is 0.767. The summed E-state index contributed by atoms with van der Waals surface area (Å²) in [6.45, 7) is 0.416. The third-order valence-electron chi connectivity index (χ3n) is 6.82. The van der Waals surface area contributed by atoms with Crippen LogP contribution in [0.3, 0.4) is 0 Å². The van der Waals surface area contributed by atoms with Crippen LogP contribution in [0.1, 0.15) is 66.4 Å². The van der Waals surface area contributed by atoms with Gasteiger partial charge in [0.25, 0.3) is 0 Å². The predicted octanol–water partition coefficient (Wildman–Crippen LogP) is 4.73. The average molecular weight is 394 g/mol. The maximum Gasteiger partial charge on any atom is 0.304 e. The van der Waals surface area contributed by atoms with Crippen LogP contribution < -0.4 is 9.47 Å². The minimum Gasteiger partial charge on any atom is -0.492 e. The molecule has 0 bridgehead atoms. The standard InChI is InChI=1S/C24H26O5/c1-27-24(10-3-11-24)20-5-2-4-19-18(20)8-9-21(19)29-16-6-7-17-15(12-23(25)26)14-28-22(17)13-16/h2,4-7,13,15,21H,3,8-12,14H2,1H3,(H,25,26). The lowest BCUT2D eigenvalue weighted by atomic mass is 9.73. The van der Waals surface area contributed by atoms with Crippen LogP contribution in [-0.4, -0.2) is 24.8 Å². The van der Waals surface area contributed by atoms with Crippen LogP contribution in [0.25, 0.3) is 0 Å². The number of benzene rings is 2. The molecule has 29 heavy (non-hydrogen) atoms. The summed E-state index contributed by atoms with van der Waals surface area (Å²) >= 11 is 0. The number of carboxylic acids is 1. The molecule has 0 saturated heterocycles. The van der Waals surface area contributed by atoms with Gasteiger partial charge in [-0.1, -0.05) is 24.3 Å². The second-order valence-corrected chi connectivity index (χ2v) is 8.38. The van der Waals surface area contributed by atoms with Gasteiger partial charge in [-0.15, -0.1) is 0 Å². The molecule has 1 saturated carbocycles. The minimum atomic E-state index is -0.801. The normalized spacial score (nSPS) is 23.6. The molecule has 1 fully saturated rings. The molecule has 2 aromatic rings. The number of hydrogen-bond acceptors (Lipinski definition) is 4. The number of rotatable bonds is 6. The summed E-state index contributed by atoms with van der Waals surface area (Å²) in [7, 11) is 1.82. The molecular weight excluding hydrogens is 368 g/mol. The summed E-state index contributed by atoms with van der Waals surface area (Å²) in [6, 6.07) is 12.3. The zero-order chi connectivity index (χ0) is 20.0. The summed E-state index contributed by atoms with van der Waals surface area (Å²) in [4.78, 5) is 11.0. The fourth-order valence-corrected chi connectivity index (χ4v) is 5.12. The monoisotopic (exact) mass is 394 g/mol. The number of carbonyl (C=O) groups is 1. The van der Waals surface area contributed by atoms with E-state index >= 15 is 0 Å². The Bertz CT molecular complexity index is 941. The summed E-state index contributed by atoms with van der Waals surface area (Å²) < 4.78 is 18.0. The molecule has 5 rings (SSSR count). The second-order valence-electron chi connectivity index (χ2n) is 8.38. The third kappa shape index (κ3) is 3.08. The smallest absolute Gasteiger partial charge is 0.304 e. The fourth-order valence-electron chi connectivity index (χ4n) is 5.12. The number of ether oxygens (including phenoxy) is 3. The fraction of sp³-hybridized carbons (Fsp3) is 0.458. The maximum atomic E-state index is 11.0. The molecule has 5 nitrogen and oxygen atoms in total. The highest BCUT2D eigenvalue weighted by molar-refractivity contribution is 5.68. The van der Waals surface area contributed by atoms with Crippen molar-refractivity contribution in [3.05, 3.63) is 58.7 Å². The number of methoxy groups -OCH3 is 1. The van der Waals surface area contributed by atoms with Gasteiger partial charge >= 0.3 is 5.97 Å². The Balaban J connectivity index is 1.37. The zero-order valence-corrected chi connectivity index (χ0v) is 16.6. The van der Waals surface area contributed by atoms with Crippen LogP contribution in [0.5, 0.6) is 11.5 Å². The van der Waals surface area contributed by atoms with Crippen molar-refractivity contribution in [2.45, 2.75) is 56.1 Å². The van der Waals surface area contributed by atoms with Gasteiger partial charge in [-0.2, -0.15) is 0 Å². The molecule has 0 spiro atoms. The molecule has 1 heterocycles. The highest BCUT2D eigenvalue weighted by Crippen LogP contribution is 2.49. The SMILES string of the molecule is COC1(c2cccc3c2CCC3Oc2ccc3c(c2)OCC3CC(=O)O)CCC1. The molecule has 0 amide bonds. The van der Waals surface area contributed by atoms with Crippen molar-refractivity contribution in [3.63, 3.8) is 0 Å². The molecule has 2 atom stereocenters. The van der Waals surface area contributed by atoms with Crippen molar-refractivity contribution in [1.82, 2.24) is 0 Å². The first kappa shape index (κ1) is 18.5. The van der Waals surface area contributed by atoms with Crippen LogP contribution in [-0.2, 0) is 21.6 Å². The molecule has 0 aromatic heterocycles. The number of carboxylic acid groups (broad SMARTS) is 1. The minimum absolute atomic E-state index is 0.0215. The zero-order valence-electron chi connectivity index (χ0n) is 16.6. The van der Waals surface area contributed by atoms with Gasteiger partial charge in [0.15, 0.2) is 0 Å². The van der Waals surface area contributed by atoms with E-state index in [9.17, 15) is 4.79 Å². The number of aliphatic carboxylic acids is 1. The van der Waals surface area contributed by atoms with Crippen LogP contribution >= 0.6 is 0 Å². The van der Waals surface area contributed by atoms with Gasteiger partial charge in [-0.05, 0) is 54.9 Å². The summed E-state index contributed by atoms with van der Waals surface area (Å²) in [5, 5.41) is 9.07. The van der Waals surface area contributed by atoms with Crippen LogP contribution in [0, 0.1) is 0 Å². The lowest BCUT2D eigenvalue weighted by molar-refractivity contribution is -0.137. The van der Waals surface area contributed by atoms with E-state index in [1.807, 2.05) is 25.3 Å². The van der Waals surface area contributed by atoms with Crippen molar-refractivity contribution in [2.75, 3.05) is 13.7 Å². The summed E-state index contributed by atoms with van der Waals surface area (Å²) in [6.07, 6.45) is 5.46. The van der Waals surface area contributed by atoms with E-state index in [-0.39, 0.29) is 24.0 Å². The number of hydrogen-bond donors (Lipinski definition) is 1. The van der Waals surface area contributed by atoms with E-state index in [1.54, 1.807) is 0 Å². The topological polar surface area (TPSA) is 65.0 Å². The Labute approximate surface area is 170 Å². The van der Waals surface area contributed by atoms with E-state index in [1.165, 1.54) is 23.1 Å². The molecule has 2 aromatic carbocycles. The van der Waals surface area contributed by atoms with Gasteiger partial charge < -0.3 is 19.3 Å². The van der Waals surface area contributed by atoms with Crippen molar-refractivity contribution in [2.24, 2.45) is 0 Å². The van der Waals surface area contributed by atoms with Crippen molar-refractivity contribution in [3.8, 4) is 11.5 Å². The van der Waals surface area contributed by atoms with Gasteiger partial charge in [0.1, 0.15) is 17.6 Å². The Kier molecular flexibility index (Phi) is 4.50. The summed E-state index contributed by atoms with van der Waals surface area (Å²) in [5.74, 6) is 0.631. The van der Waals surface area contributed by atoms with Crippen molar-refractivity contribution < 1.29 is 24.1 Å². The molecule has 2 aliphatic carbocycles. The molecule has 0 radical (unpaired) electrons. The summed E-state index contributed by atoms with van der Waals surface area (Å²) in [5.41, 5.74) is 4.83. The largest absolute Gasteiger partial charge is 0.492 e. The maximum absolute atomic E-state index is 11.0. The second kappa shape index (κ2) is 7.06. The predicted molar refractivity (Wildman–Crippen MR) is 108 cm³/mol. The van der Waals surface area contributed by atoms with E-state index in [0.717, 1.165) is 42.7 Å². The Hall–Kier alpha value is -2.53. The van der Waals surface area contributed by atoms with Crippen molar-refractivity contribution in [1.29, 1.82) is 0 Å². The molecule has 5 heteroatoms. The number of fused-ring (bicyclic) bond motifs is 2. The van der Waals surface area contributed by atoms with Crippen LogP contribution in [0.2, 0.25) is 0 Å². The van der Waals surface area contributed by atoms with Crippen molar-refractivity contribution >= 4 is 5.97 Å². The first-order chi connectivity index (χ1) is 14.1. The highest BCUT2D eigenvalue weighted by Gasteiger charge is 2.42. The first-order valence-corrected chi connectivity index (χ1v) is 10.4. The molecule has 152 valence electrons. The van der Waals surface area contributed by atoms with Gasteiger partial charge in [0, 0.05) is 24.7 Å². The van der Waals surface area contributed by atoms with Gasteiger partial charge in [-0.3, -0.25) is 4.79 Å². The van der Waals surface area contributed by atoms with Crippen LogP contribution in [0.15, 0.2) is 36.4 Å². The first-order valence-electron chi connectivity index (χ1n) is 10.4. The van der Waals surface area contributed by atoms with Gasteiger partial charge in [0.05, 0.1) is 18.6 Å². The lowest BCUT2D eigenvalue weighted by Crippen LogP contribution is -2.37.